The summed E-state index contributed by atoms with van der Waals surface area (Å²) in [4.78, 5) is 0. The largest absolute Gasteiger partial charge is 0.499 e. The molecule has 8 heavy (non-hydrogen) atoms. The van der Waals surface area contributed by atoms with Crippen molar-refractivity contribution in [3.05, 3.63) is 11.8 Å². The van der Waals surface area contributed by atoms with Gasteiger partial charge in [-0.2, -0.15) is 0 Å². The van der Waals surface area contributed by atoms with Crippen molar-refractivity contribution in [2.24, 2.45) is 0 Å². The molecule has 0 aliphatic carbocycles. The molecule has 0 aliphatic rings. The van der Waals surface area contributed by atoms with Crippen LogP contribution in [0.25, 0.3) is 0 Å². The monoisotopic (exact) mass is 116 g/mol. The second-order valence-corrected chi connectivity index (χ2v) is 1.44. The van der Waals surface area contributed by atoms with Gasteiger partial charge in [0, 0.05) is 0 Å². The molecule has 0 saturated heterocycles. The topological polar surface area (TPSA) is 29.5 Å². The van der Waals surface area contributed by atoms with E-state index < -0.39 is 0 Å². The van der Waals surface area contributed by atoms with E-state index in [1.807, 2.05) is 13.0 Å². The third-order valence-corrected chi connectivity index (χ3v) is 0.850. The summed E-state index contributed by atoms with van der Waals surface area (Å²) in [7, 11) is 1.55. The molecule has 1 N–H and O–H groups in total. The van der Waals surface area contributed by atoms with Gasteiger partial charge in [0.05, 0.1) is 7.11 Å². The van der Waals surface area contributed by atoms with E-state index in [1.54, 1.807) is 7.11 Å². The Kier molecular flexibility index (Phi) is 4.36. The highest BCUT2D eigenvalue weighted by Crippen LogP contribution is 1.93. The third-order valence-electron chi connectivity index (χ3n) is 0.850. The van der Waals surface area contributed by atoms with E-state index in [-0.39, 0.29) is 6.61 Å². The summed E-state index contributed by atoms with van der Waals surface area (Å²) in [6.07, 6.45) is 2.75. The molecule has 0 aromatic carbocycles. The molecule has 0 aliphatic heterocycles. The van der Waals surface area contributed by atoms with Gasteiger partial charge in [-0.1, -0.05) is 6.92 Å². The zero-order chi connectivity index (χ0) is 6.41. The van der Waals surface area contributed by atoms with E-state index in [1.165, 1.54) is 0 Å². The lowest BCUT2D eigenvalue weighted by atomic mass is 10.4. The van der Waals surface area contributed by atoms with Crippen LogP contribution in [0.1, 0.15) is 13.3 Å². The van der Waals surface area contributed by atoms with E-state index in [0.29, 0.717) is 5.76 Å². The van der Waals surface area contributed by atoms with Crippen LogP contribution in [-0.2, 0) is 4.74 Å². The van der Waals surface area contributed by atoms with Crippen LogP contribution in [0.4, 0.5) is 0 Å². The quantitative estimate of drug-likeness (QED) is 0.555. The maximum atomic E-state index is 8.46. The molecule has 0 rings (SSSR count). The van der Waals surface area contributed by atoms with E-state index in [4.69, 9.17) is 9.84 Å². The minimum atomic E-state index is 0.00431. The van der Waals surface area contributed by atoms with Crippen LogP contribution in [0.15, 0.2) is 11.8 Å². The fourth-order valence-electron chi connectivity index (χ4n) is 0.440. The van der Waals surface area contributed by atoms with Crippen molar-refractivity contribution in [3.63, 3.8) is 0 Å². The van der Waals surface area contributed by atoms with Gasteiger partial charge in [0.15, 0.2) is 0 Å². The predicted octanol–water partition coefficient (Wildman–Crippen LogP) is 0.919. The molecule has 0 heterocycles. The first-order valence-corrected chi connectivity index (χ1v) is 2.69. The molecule has 0 unspecified atom stereocenters. The van der Waals surface area contributed by atoms with Crippen molar-refractivity contribution >= 4 is 0 Å². The highest BCUT2D eigenvalue weighted by atomic mass is 16.5. The molecular formula is C6H12O2. The minimum Gasteiger partial charge on any atom is -0.499 e. The number of rotatable bonds is 3. The molecule has 2 heteroatoms. The highest BCUT2D eigenvalue weighted by molar-refractivity contribution is 4.90. The van der Waals surface area contributed by atoms with Gasteiger partial charge >= 0.3 is 0 Å². The van der Waals surface area contributed by atoms with Gasteiger partial charge in [-0.25, -0.2) is 0 Å². The zero-order valence-corrected chi connectivity index (χ0v) is 5.35. The fraction of sp³-hybridized carbons (Fsp3) is 0.667. The first-order valence-electron chi connectivity index (χ1n) is 2.69. The Hall–Kier alpha value is -0.500. The molecular weight excluding hydrogens is 104 g/mol. The number of aliphatic hydroxyl groups excluding tert-OH is 1. The Morgan fingerprint density at radius 3 is 2.50 bits per heavy atom. The number of allylic oxidation sites excluding steroid dienone is 1. The fourth-order valence-corrected chi connectivity index (χ4v) is 0.440. The Balaban J connectivity index is 3.49. The molecule has 48 valence electrons. The van der Waals surface area contributed by atoms with Gasteiger partial charge in [0.25, 0.3) is 0 Å². The van der Waals surface area contributed by atoms with Gasteiger partial charge in [0.1, 0.15) is 12.4 Å². The summed E-state index contributed by atoms with van der Waals surface area (Å²) in [5.74, 6) is 0.646. The molecule has 0 saturated carbocycles. The minimum absolute atomic E-state index is 0.00431. The molecule has 0 aromatic heterocycles. The van der Waals surface area contributed by atoms with Crippen LogP contribution in [0, 0.1) is 0 Å². The van der Waals surface area contributed by atoms with Crippen LogP contribution in [-0.4, -0.2) is 18.8 Å². The average molecular weight is 116 g/mol. The van der Waals surface area contributed by atoms with Gasteiger partial charge < -0.3 is 9.84 Å². The Morgan fingerprint density at radius 2 is 2.38 bits per heavy atom. The Bertz CT molecular complexity index is 70.6. The molecule has 0 amide bonds. The summed E-state index contributed by atoms with van der Waals surface area (Å²) in [5, 5.41) is 8.46. The smallest absolute Gasteiger partial charge is 0.117 e. The van der Waals surface area contributed by atoms with Crippen LogP contribution in [0.2, 0.25) is 0 Å². The Labute approximate surface area is 49.8 Å². The molecule has 0 atom stereocenters. The van der Waals surface area contributed by atoms with Crippen molar-refractivity contribution in [2.45, 2.75) is 13.3 Å². The van der Waals surface area contributed by atoms with Gasteiger partial charge in [-0.05, 0) is 12.5 Å². The molecule has 0 aromatic rings. The van der Waals surface area contributed by atoms with E-state index in [0.717, 1.165) is 6.42 Å². The number of ether oxygens (including phenoxy) is 1. The summed E-state index contributed by atoms with van der Waals surface area (Å²) in [6, 6.07) is 0. The molecule has 0 bridgehead atoms. The normalized spacial score (nSPS) is 11.6. The van der Waals surface area contributed by atoms with Gasteiger partial charge in [-0.3, -0.25) is 0 Å². The van der Waals surface area contributed by atoms with Crippen LogP contribution >= 0.6 is 0 Å². The molecule has 2 nitrogen and oxygen atoms in total. The second-order valence-electron chi connectivity index (χ2n) is 1.44. The second kappa shape index (κ2) is 4.65. The number of hydrogen-bond donors (Lipinski definition) is 1. The lowest BCUT2D eigenvalue weighted by Gasteiger charge is -1.98. The first-order chi connectivity index (χ1) is 3.85. The van der Waals surface area contributed by atoms with Crippen molar-refractivity contribution in [3.8, 4) is 0 Å². The SMILES string of the molecule is CC/C=C(/CO)OC. The number of aliphatic hydroxyl groups is 1. The standard InChI is InChI=1S/C6H12O2/c1-3-4-6(5-7)8-2/h4,7H,3,5H2,1-2H3/b6-4-. The summed E-state index contributed by atoms with van der Waals surface area (Å²) >= 11 is 0. The van der Waals surface area contributed by atoms with Crippen molar-refractivity contribution in [2.75, 3.05) is 13.7 Å². The molecule has 0 spiro atoms. The van der Waals surface area contributed by atoms with Crippen LogP contribution in [0.3, 0.4) is 0 Å². The zero-order valence-electron chi connectivity index (χ0n) is 5.35. The van der Waals surface area contributed by atoms with E-state index >= 15 is 0 Å². The lowest BCUT2D eigenvalue weighted by molar-refractivity contribution is 0.206. The van der Waals surface area contributed by atoms with E-state index in [9.17, 15) is 0 Å². The summed E-state index contributed by atoms with van der Waals surface area (Å²) in [5.41, 5.74) is 0. The van der Waals surface area contributed by atoms with E-state index in [2.05, 4.69) is 0 Å². The highest BCUT2D eigenvalue weighted by Gasteiger charge is 1.86. The lowest BCUT2D eigenvalue weighted by Crippen LogP contribution is -1.91. The Morgan fingerprint density at radius 1 is 1.75 bits per heavy atom. The summed E-state index contributed by atoms with van der Waals surface area (Å²) < 4.78 is 4.75. The predicted molar refractivity (Wildman–Crippen MR) is 32.5 cm³/mol. The summed E-state index contributed by atoms with van der Waals surface area (Å²) in [6.45, 7) is 2.00. The number of methoxy groups -OCH3 is 1. The average Bonchev–Trinajstić information content (AvgIpc) is 1.83. The van der Waals surface area contributed by atoms with Gasteiger partial charge in [0.2, 0.25) is 0 Å². The molecule has 0 fully saturated rings. The van der Waals surface area contributed by atoms with Crippen molar-refractivity contribution in [1.82, 2.24) is 0 Å². The van der Waals surface area contributed by atoms with Crippen molar-refractivity contribution in [1.29, 1.82) is 0 Å². The maximum absolute atomic E-state index is 8.46. The van der Waals surface area contributed by atoms with Crippen molar-refractivity contribution < 1.29 is 9.84 Å². The van der Waals surface area contributed by atoms with Crippen LogP contribution in [0.5, 0.6) is 0 Å². The third kappa shape index (κ3) is 2.64. The maximum Gasteiger partial charge on any atom is 0.117 e. The van der Waals surface area contributed by atoms with Gasteiger partial charge in [-0.15, -0.1) is 0 Å². The first kappa shape index (κ1) is 7.50. The number of hydrogen-bond acceptors (Lipinski definition) is 2. The van der Waals surface area contributed by atoms with Crippen LogP contribution < -0.4 is 0 Å². The molecule has 0 radical (unpaired) electrons.